The second-order valence-electron chi connectivity index (χ2n) is 4.37. The minimum atomic E-state index is -0.0498. The van der Waals surface area contributed by atoms with Crippen LogP contribution < -0.4 is 0 Å². The number of aromatic nitrogens is 3. The fourth-order valence-electron chi connectivity index (χ4n) is 1.98. The molecule has 1 saturated carbocycles. The van der Waals surface area contributed by atoms with Gasteiger partial charge in [-0.05, 0) is 31.9 Å². The standard InChI is InChI=1S/C13H13N3OS/c1-9-15-8-11(16(9)10-2-3-10)4-5-12(17)13-14-6-7-18-13/h4-8,10H,2-3H2,1H3/b5-4+. The fraction of sp³-hybridized carbons (Fsp3) is 0.308. The molecule has 1 aliphatic rings. The molecule has 0 atom stereocenters. The summed E-state index contributed by atoms with van der Waals surface area (Å²) in [6.45, 7) is 2.00. The van der Waals surface area contributed by atoms with Crippen LogP contribution in [0.25, 0.3) is 6.08 Å². The molecule has 2 heterocycles. The first kappa shape index (κ1) is 11.3. The molecule has 0 spiro atoms. The zero-order valence-corrected chi connectivity index (χ0v) is 10.9. The van der Waals surface area contributed by atoms with E-state index >= 15 is 0 Å². The van der Waals surface area contributed by atoms with E-state index in [1.165, 1.54) is 24.2 Å². The molecule has 0 N–H and O–H groups in total. The van der Waals surface area contributed by atoms with Gasteiger partial charge in [0.1, 0.15) is 5.82 Å². The molecule has 0 amide bonds. The predicted molar refractivity (Wildman–Crippen MR) is 70.7 cm³/mol. The van der Waals surface area contributed by atoms with Crippen LogP contribution in [0.2, 0.25) is 0 Å². The van der Waals surface area contributed by atoms with Crippen molar-refractivity contribution in [2.75, 3.05) is 0 Å². The molecular weight excluding hydrogens is 246 g/mol. The summed E-state index contributed by atoms with van der Waals surface area (Å²) in [4.78, 5) is 20.1. The molecule has 0 saturated heterocycles. The van der Waals surface area contributed by atoms with Crippen molar-refractivity contribution in [1.82, 2.24) is 14.5 Å². The van der Waals surface area contributed by atoms with Crippen LogP contribution in [-0.2, 0) is 0 Å². The number of ketones is 1. The van der Waals surface area contributed by atoms with Gasteiger partial charge in [-0.15, -0.1) is 11.3 Å². The molecular formula is C13H13N3OS. The van der Waals surface area contributed by atoms with E-state index in [4.69, 9.17) is 0 Å². The zero-order valence-electron chi connectivity index (χ0n) is 10.0. The van der Waals surface area contributed by atoms with Crippen molar-refractivity contribution in [3.63, 3.8) is 0 Å². The van der Waals surface area contributed by atoms with Crippen molar-refractivity contribution in [3.8, 4) is 0 Å². The van der Waals surface area contributed by atoms with Crippen molar-refractivity contribution >= 4 is 23.2 Å². The van der Waals surface area contributed by atoms with Crippen LogP contribution in [0.4, 0.5) is 0 Å². The minimum absolute atomic E-state index is 0.0498. The van der Waals surface area contributed by atoms with Crippen LogP contribution in [-0.4, -0.2) is 20.3 Å². The monoisotopic (exact) mass is 259 g/mol. The molecule has 0 aromatic carbocycles. The summed E-state index contributed by atoms with van der Waals surface area (Å²) in [6, 6.07) is 0.571. The molecule has 0 unspecified atom stereocenters. The van der Waals surface area contributed by atoms with Crippen molar-refractivity contribution in [1.29, 1.82) is 0 Å². The summed E-state index contributed by atoms with van der Waals surface area (Å²) in [6.07, 6.45) is 9.29. The SMILES string of the molecule is Cc1ncc(/C=C/C(=O)c2nccs2)n1C1CC1. The van der Waals surface area contributed by atoms with E-state index in [1.807, 2.05) is 19.2 Å². The van der Waals surface area contributed by atoms with Crippen LogP contribution in [0.3, 0.4) is 0 Å². The lowest BCUT2D eigenvalue weighted by Crippen LogP contribution is -1.99. The Hall–Kier alpha value is -1.75. The van der Waals surface area contributed by atoms with E-state index in [1.54, 1.807) is 17.7 Å². The molecule has 1 fully saturated rings. The van der Waals surface area contributed by atoms with Gasteiger partial charge < -0.3 is 4.57 Å². The van der Waals surface area contributed by atoms with E-state index in [9.17, 15) is 4.79 Å². The first-order valence-electron chi connectivity index (χ1n) is 5.91. The number of carbonyl (C=O) groups is 1. The number of thiazole rings is 1. The predicted octanol–water partition coefficient (Wildman–Crippen LogP) is 2.88. The third-order valence-corrected chi connectivity index (χ3v) is 3.76. The molecule has 0 bridgehead atoms. The first-order valence-corrected chi connectivity index (χ1v) is 6.79. The highest BCUT2D eigenvalue weighted by molar-refractivity contribution is 7.11. The molecule has 3 rings (SSSR count). The Balaban J connectivity index is 1.82. The Morgan fingerprint density at radius 3 is 3.00 bits per heavy atom. The van der Waals surface area contributed by atoms with Crippen molar-refractivity contribution in [2.24, 2.45) is 0 Å². The van der Waals surface area contributed by atoms with Gasteiger partial charge in [-0.1, -0.05) is 0 Å². The highest BCUT2D eigenvalue weighted by atomic mass is 32.1. The average molecular weight is 259 g/mol. The highest BCUT2D eigenvalue weighted by Gasteiger charge is 2.26. The first-order chi connectivity index (χ1) is 8.75. The van der Waals surface area contributed by atoms with Gasteiger partial charge in [0.05, 0.1) is 11.9 Å². The lowest BCUT2D eigenvalue weighted by molar-refractivity contribution is 0.104. The maximum atomic E-state index is 11.8. The number of carbonyl (C=O) groups excluding carboxylic acids is 1. The number of rotatable bonds is 4. The third kappa shape index (κ3) is 2.13. The molecule has 1 aliphatic carbocycles. The number of allylic oxidation sites excluding steroid dienone is 1. The number of hydrogen-bond acceptors (Lipinski definition) is 4. The van der Waals surface area contributed by atoms with Crippen LogP contribution in [0.5, 0.6) is 0 Å². The molecule has 5 heteroatoms. The summed E-state index contributed by atoms with van der Waals surface area (Å²) in [5.41, 5.74) is 1.000. The van der Waals surface area contributed by atoms with Crippen molar-refractivity contribution in [3.05, 3.63) is 40.4 Å². The lowest BCUT2D eigenvalue weighted by atomic mass is 10.3. The van der Waals surface area contributed by atoms with Gasteiger partial charge in [-0.2, -0.15) is 0 Å². The van der Waals surface area contributed by atoms with Gasteiger partial charge in [-0.25, -0.2) is 9.97 Å². The second-order valence-corrected chi connectivity index (χ2v) is 5.26. The van der Waals surface area contributed by atoms with Gasteiger partial charge in [-0.3, -0.25) is 4.79 Å². The lowest BCUT2D eigenvalue weighted by Gasteiger charge is -2.04. The van der Waals surface area contributed by atoms with Gasteiger partial charge in [0, 0.05) is 17.6 Å². The number of imidazole rings is 1. The van der Waals surface area contributed by atoms with Crippen molar-refractivity contribution in [2.45, 2.75) is 25.8 Å². The molecule has 92 valence electrons. The largest absolute Gasteiger partial charge is 0.326 e. The molecule has 18 heavy (non-hydrogen) atoms. The molecule has 4 nitrogen and oxygen atoms in total. The molecule has 2 aromatic heterocycles. The zero-order chi connectivity index (χ0) is 12.5. The summed E-state index contributed by atoms with van der Waals surface area (Å²) in [7, 11) is 0. The van der Waals surface area contributed by atoms with Gasteiger partial charge >= 0.3 is 0 Å². The quantitative estimate of drug-likeness (QED) is 0.626. The van der Waals surface area contributed by atoms with E-state index in [2.05, 4.69) is 14.5 Å². The molecule has 0 aliphatic heterocycles. The fourth-order valence-corrected chi connectivity index (χ4v) is 2.54. The van der Waals surface area contributed by atoms with E-state index in [-0.39, 0.29) is 5.78 Å². The van der Waals surface area contributed by atoms with Gasteiger partial charge in [0.25, 0.3) is 0 Å². The normalized spacial score (nSPS) is 15.4. The Morgan fingerprint density at radius 1 is 1.50 bits per heavy atom. The summed E-state index contributed by atoms with van der Waals surface area (Å²) < 4.78 is 2.20. The van der Waals surface area contributed by atoms with Crippen LogP contribution in [0.15, 0.2) is 23.8 Å². The molecule has 0 radical (unpaired) electrons. The number of aryl methyl sites for hydroxylation is 1. The van der Waals surface area contributed by atoms with E-state index in [0.29, 0.717) is 11.0 Å². The number of hydrogen-bond donors (Lipinski definition) is 0. The summed E-state index contributed by atoms with van der Waals surface area (Å²) >= 11 is 1.36. The van der Waals surface area contributed by atoms with Gasteiger partial charge in [0.2, 0.25) is 5.78 Å². The Morgan fingerprint density at radius 2 is 2.33 bits per heavy atom. The minimum Gasteiger partial charge on any atom is -0.326 e. The third-order valence-electron chi connectivity index (χ3n) is 2.97. The summed E-state index contributed by atoms with van der Waals surface area (Å²) in [5, 5.41) is 2.33. The average Bonchev–Trinajstić information content (AvgIpc) is 2.92. The Bertz CT molecular complexity index is 594. The maximum absolute atomic E-state index is 11.8. The second kappa shape index (κ2) is 4.49. The van der Waals surface area contributed by atoms with Crippen LogP contribution >= 0.6 is 11.3 Å². The number of nitrogens with zero attached hydrogens (tertiary/aromatic N) is 3. The maximum Gasteiger partial charge on any atom is 0.214 e. The van der Waals surface area contributed by atoms with Gasteiger partial charge in [0.15, 0.2) is 5.01 Å². The Kier molecular flexibility index (Phi) is 2.83. The van der Waals surface area contributed by atoms with E-state index < -0.39 is 0 Å². The van der Waals surface area contributed by atoms with Crippen LogP contribution in [0, 0.1) is 6.92 Å². The smallest absolute Gasteiger partial charge is 0.214 e. The summed E-state index contributed by atoms with van der Waals surface area (Å²) in [5.74, 6) is 0.963. The Labute approximate surface area is 109 Å². The van der Waals surface area contributed by atoms with Crippen LogP contribution in [0.1, 0.15) is 40.2 Å². The molecule has 2 aromatic rings. The van der Waals surface area contributed by atoms with Crippen molar-refractivity contribution < 1.29 is 4.79 Å². The van der Waals surface area contributed by atoms with E-state index in [0.717, 1.165) is 11.5 Å². The highest BCUT2D eigenvalue weighted by Crippen LogP contribution is 2.37. The topological polar surface area (TPSA) is 47.8 Å².